The summed E-state index contributed by atoms with van der Waals surface area (Å²) in [6.07, 6.45) is 16.0. The third kappa shape index (κ3) is 7.01. The third-order valence-corrected chi connectivity index (χ3v) is 5.48. The summed E-state index contributed by atoms with van der Waals surface area (Å²) in [5, 5.41) is 0. The van der Waals surface area contributed by atoms with Crippen molar-refractivity contribution >= 4 is 0 Å². The van der Waals surface area contributed by atoms with Crippen LogP contribution in [0.1, 0.15) is 104 Å². The topological polar surface area (TPSA) is 27.7 Å². The molecule has 0 N–H and O–H groups in total. The van der Waals surface area contributed by atoms with Crippen molar-refractivity contribution in [1.82, 2.24) is 0 Å². The molecule has 0 spiro atoms. The lowest BCUT2D eigenvalue weighted by Crippen LogP contribution is -2.53. The molecule has 0 aliphatic heterocycles. The van der Waals surface area contributed by atoms with E-state index < -0.39 is 5.97 Å². The third-order valence-electron chi connectivity index (χ3n) is 5.48. The minimum Gasteiger partial charge on any atom is -0.330 e. The van der Waals surface area contributed by atoms with E-state index in [2.05, 4.69) is 20.8 Å². The Balaban J connectivity index is 5.10. The number of unbranched alkanes of at least 4 members (excludes halogenated alkanes) is 7. The first-order valence-corrected chi connectivity index (χ1v) is 10.3. The van der Waals surface area contributed by atoms with E-state index in [9.17, 15) is 0 Å². The second kappa shape index (κ2) is 14.1. The number of hydrogen-bond donors (Lipinski definition) is 0. The quantitative estimate of drug-likeness (QED) is 0.217. The van der Waals surface area contributed by atoms with Crippen LogP contribution in [0.3, 0.4) is 0 Å². The zero-order valence-electron chi connectivity index (χ0n) is 17.4. The highest BCUT2D eigenvalue weighted by atomic mass is 16.9. The van der Waals surface area contributed by atoms with E-state index in [-0.39, 0.29) is 5.41 Å². The summed E-state index contributed by atoms with van der Waals surface area (Å²) in [6, 6.07) is 0. The fraction of sp³-hybridized carbons (Fsp3) is 1.00. The van der Waals surface area contributed by atoms with Crippen molar-refractivity contribution < 1.29 is 14.2 Å². The summed E-state index contributed by atoms with van der Waals surface area (Å²) >= 11 is 0. The maximum Gasteiger partial charge on any atom is 0.288 e. The summed E-state index contributed by atoms with van der Waals surface area (Å²) in [5.74, 6) is -0.916. The van der Waals surface area contributed by atoms with Crippen LogP contribution in [-0.4, -0.2) is 27.3 Å². The molecular weight excluding hydrogens is 300 g/mol. The van der Waals surface area contributed by atoms with Crippen molar-refractivity contribution in [1.29, 1.82) is 0 Å². The number of rotatable bonds is 17. The minimum atomic E-state index is -0.916. The Labute approximate surface area is 151 Å². The fourth-order valence-corrected chi connectivity index (χ4v) is 4.01. The van der Waals surface area contributed by atoms with Crippen LogP contribution in [0.2, 0.25) is 0 Å². The van der Waals surface area contributed by atoms with E-state index in [4.69, 9.17) is 14.2 Å². The molecule has 0 aliphatic rings. The van der Waals surface area contributed by atoms with E-state index in [1.165, 1.54) is 64.2 Å². The SMILES string of the molecule is CCCCCCCCC(CCCC)(CCCC)C(OC)(OC)OC. The molecular formula is C21H44O3. The van der Waals surface area contributed by atoms with Gasteiger partial charge in [-0.2, -0.15) is 0 Å². The molecule has 0 aliphatic carbocycles. The predicted molar refractivity (Wildman–Crippen MR) is 103 cm³/mol. The van der Waals surface area contributed by atoms with Crippen LogP contribution in [0, 0.1) is 5.41 Å². The van der Waals surface area contributed by atoms with Crippen molar-refractivity contribution in [3.63, 3.8) is 0 Å². The van der Waals surface area contributed by atoms with Gasteiger partial charge >= 0.3 is 0 Å². The normalized spacial score (nSPS) is 12.8. The van der Waals surface area contributed by atoms with Gasteiger partial charge in [0.05, 0.1) is 5.41 Å². The van der Waals surface area contributed by atoms with Crippen molar-refractivity contribution in [2.24, 2.45) is 5.41 Å². The van der Waals surface area contributed by atoms with Gasteiger partial charge in [0.15, 0.2) is 0 Å². The van der Waals surface area contributed by atoms with E-state index in [0.29, 0.717) is 0 Å². The molecule has 0 atom stereocenters. The first-order valence-electron chi connectivity index (χ1n) is 10.3. The van der Waals surface area contributed by atoms with Crippen LogP contribution >= 0.6 is 0 Å². The van der Waals surface area contributed by atoms with Crippen molar-refractivity contribution in [3.05, 3.63) is 0 Å². The molecule has 0 unspecified atom stereocenters. The summed E-state index contributed by atoms with van der Waals surface area (Å²) in [4.78, 5) is 0. The van der Waals surface area contributed by atoms with Crippen LogP contribution in [0.4, 0.5) is 0 Å². The minimum absolute atomic E-state index is 0.0535. The van der Waals surface area contributed by atoms with Gasteiger partial charge in [-0.15, -0.1) is 0 Å². The molecule has 0 radical (unpaired) electrons. The molecule has 3 heteroatoms. The Hall–Kier alpha value is -0.120. The lowest BCUT2D eigenvalue weighted by atomic mass is 9.71. The smallest absolute Gasteiger partial charge is 0.288 e. The summed E-state index contributed by atoms with van der Waals surface area (Å²) < 4.78 is 17.5. The molecule has 0 rings (SSSR count). The standard InChI is InChI=1S/C21H44O3/c1-7-10-13-14-15-16-19-20(17-11-8-2,18-12-9-3)21(22-4,23-5)24-6/h7-19H2,1-6H3. The number of methoxy groups -OCH3 is 3. The van der Waals surface area contributed by atoms with Crippen molar-refractivity contribution in [2.45, 2.75) is 110 Å². The Morgan fingerprint density at radius 3 is 1.29 bits per heavy atom. The molecule has 0 bridgehead atoms. The molecule has 0 aromatic carbocycles. The highest BCUT2D eigenvalue weighted by molar-refractivity contribution is 4.89. The van der Waals surface area contributed by atoms with Gasteiger partial charge < -0.3 is 14.2 Å². The second-order valence-corrected chi connectivity index (χ2v) is 7.17. The molecule has 0 saturated heterocycles. The first kappa shape index (κ1) is 23.9. The summed E-state index contributed by atoms with van der Waals surface area (Å²) in [6.45, 7) is 6.78. The molecule has 0 fully saturated rings. The lowest BCUT2D eigenvalue weighted by Gasteiger charge is -2.47. The van der Waals surface area contributed by atoms with E-state index >= 15 is 0 Å². The van der Waals surface area contributed by atoms with Gasteiger partial charge in [0.25, 0.3) is 5.97 Å². The molecule has 0 saturated carbocycles. The predicted octanol–water partition coefficient (Wildman–Crippen LogP) is 6.70. The van der Waals surface area contributed by atoms with Crippen LogP contribution in [0.25, 0.3) is 0 Å². The first-order chi connectivity index (χ1) is 11.6. The maximum absolute atomic E-state index is 5.85. The molecule has 0 heterocycles. The Morgan fingerprint density at radius 2 is 0.875 bits per heavy atom. The van der Waals surface area contributed by atoms with Gasteiger partial charge in [-0.3, -0.25) is 0 Å². The van der Waals surface area contributed by atoms with E-state index in [1.54, 1.807) is 21.3 Å². The molecule has 146 valence electrons. The molecule has 24 heavy (non-hydrogen) atoms. The summed E-state index contributed by atoms with van der Waals surface area (Å²) in [5.41, 5.74) is -0.0535. The average molecular weight is 345 g/mol. The van der Waals surface area contributed by atoms with Crippen LogP contribution in [0.5, 0.6) is 0 Å². The van der Waals surface area contributed by atoms with Crippen molar-refractivity contribution in [3.8, 4) is 0 Å². The van der Waals surface area contributed by atoms with Crippen molar-refractivity contribution in [2.75, 3.05) is 21.3 Å². The number of hydrogen-bond acceptors (Lipinski definition) is 3. The molecule has 3 nitrogen and oxygen atoms in total. The largest absolute Gasteiger partial charge is 0.330 e. The van der Waals surface area contributed by atoms with Gasteiger partial charge in [0.1, 0.15) is 0 Å². The van der Waals surface area contributed by atoms with Crippen LogP contribution in [0.15, 0.2) is 0 Å². The Kier molecular flexibility index (Phi) is 14.0. The Morgan fingerprint density at radius 1 is 0.500 bits per heavy atom. The van der Waals surface area contributed by atoms with E-state index in [0.717, 1.165) is 19.3 Å². The van der Waals surface area contributed by atoms with Gasteiger partial charge in [-0.05, 0) is 19.3 Å². The molecule has 0 aromatic rings. The van der Waals surface area contributed by atoms with Gasteiger partial charge in [-0.25, -0.2) is 0 Å². The van der Waals surface area contributed by atoms with Gasteiger partial charge in [-0.1, -0.05) is 85.0 Å². The second-order valence-electron chi connectivity index (χ2n) is 7.17. The van der Waals surface area contributed by atoms with E-state index in [1.807, 2.05) is 0 Å². The highest BCUT2D eigenvalue weighted by Gasteiger charge is 2.52. The number of ether oxygens (including phenoxy) is 3. The average Bonchev–Trinajstić information content (AvgIpc) is 2.62. The Bertz CT molecular complexity index is 258. The fourth-order valence-electron chi connectivity index (χ4n) is 4.01. The zero-order valence-corrected chi connectivity index (χ0v) is 17.4. The highest BCUT2D eigenvalue weighted by Crippen LogP contribution is 2.48. The lowest BCUT2D eigenvalue weighted by molar-refractivity contribution is -0.411. The zero-order chi connectivity index (χ0) is 18.3. The monoisotopic (exact) mass is 344 g/mol. The maximum atomic E-state index is 5.85. The van der Waals surface area contributed by atoms with Gasteiger partial charge in [0, 0.05) is 21.3 Å². The van der Waals surface area contributed by atoms with Gasteiger partial charge in [0.2, 0.25) is 0 Å². The molecule has 0 aromatic heterocycles. The van der Waals surface area contributed by atoms with Crippen LogP contribution in [-0.2, 0) is 14.2 Å². The van der Waals surface area contributed by atoms with Crippen LogP contribution < -0.4 is 0 Å². The summed E-state index contributed by atoms with van der Waals surface area (Å²) in [7, 11) is 5.17. The molecule has 0 amide bonds.